The molecule has 5 heteroatoms. The second kappa shape index (κ2) is 6.09. The van der Waals surface area contributed by atoms with Crippen molar-refractivity contribution in [1.82, 2.24) is 4.90 Å². The molecule has 0 amide bonds. The van der Waals surface area contributed by atoms with Crippen LogP contribution in [0, 0.1) is 0 Å². The summed E-state index contributed by atoms with van der Waals surface area (Å²) < 4.78 is 5.28. The Hall–Kier alpha value is -0.810. The molecule has 0 saturated carbocycles. The van der Waals surface area contributed by atoms with Crippen molar-refractivity contribution in [1.29, 1.82) is 0 Å². The van der Waals surface area contributed by atoms with Crippen molar-refractivity contribution in [3.8, 4) is 0 Å². The van der Waals surface area contributed by atoms with E-state index < -0.39 is 5.60 Å². The molecule has 0 aliphatic carbocycles. The Morgan fingerprint density at radius 1 is 1.42 bits per heavy atom. The van der Waals surface area contributed by atoms with Crippen LogP contribution in [-0.2, 0) is 11.3 Å². The van der Waals surface area contributed by atoms with Gasteiger partial charge in [-0.2, -0.15) is 0 Å². The van der Waals surface area contributed by atoms with Gasteiger partial charge in [-0.1, -0.05) is 11.6 Å². The van der Waals surface area contributed by atoms with Gasteiger partial charge in [-0.15, -0.1) is 0 Å². The predicted octanol–water partition coefficient (Wildman–Crippen LogP) is 1.90. The first kappa shape index (κ1) is 14.6. The first-order valence-corrected chi connectivity index (χ1v) is 6.89. The van der Waals surface area contributed by atoms with Crippen molar-refractivity contribution in [2.75, 3.05) is 32.5 Å². The van der Waals surface area contributed by atoms with Gasteiger partial charge in [-0.05, 0) is 30.8 Å². The fourth-order valence-electron chi connectivity index (χ4n) is 2.47. The zero-order valence-corrected chi connectivity index (χ0v) is 12.0. The highest BCUT2D eigenvalue weighted by Crippen LogP contribution is 2.24. The summed E-state index contributed by atoms with van der Waals surface area (Å²) in [5.74, 6) is 0. The molecular formula is C14H21ClN2O2. The quantitative estimate of drug-likeness (QED) is 0.829. The van der Waals surface area contributed by atoms with Crippen LogP contribution in [0.1, 0.15) is 18.4 Å². The normalized spacial score (nSPS) is 18.7. The number of hydrogen-bond donors (Lipinski definition) is 2. The molecule has 106 valence electrons. The van der Waals surface area contributed by atoms with Crippen molar-refractivity contribution in [2.45, 2.75) is 25.0 Å². The number of nitrogens with zero attached hydrogens (tertiary/aromatic N) is 1. The maximum atomic E-state index is 10.5. The number of hydrogen-bond acceptors (Lipinski definition) is 4. The monoisotopic (exact) mass is 284 g/mol. The minimum absolute atomic E-state index is 0.613. The molecule has 1 fully saturated rings. The molecule has 1 aliphatic heterocycles. The summed E-state index contributed by atoms with van der Waals surface area (Å²) in [5.41, 5.74) is 6.81. The van der Waals surface area contributed by atoms with Gasteiger partial charge in [0.15, 0.2) is 0 Å². The Morgan fingerprint density at radius 3 is 2.79 bits per heavy atom. The maximum absolute atomic E-state index is 10.5. The minimum atomic E-state index is -0.653. The molecule has 0 spiro atoms. The van der Waals surface area contributed by atoms with Gasteiger partial charge in [-0.3, -0.25) is 4.90 Å². The summed E-state index contributed by atoms with van der Waals surface area (Å²) in [6, 6.07) is 5.48. The number of aliphatic hydroxyl groups is 1. The van der Waals surface area contributed by atoms with Gasteiger partial charge in [0.05, 0.1) is 5.60 Å². The molecule has 0 aromatic heterocycles. The third-order valence-electron chi connectivity index (χ3n) is 3.50. The number of likely N-dealkylation sites (N-methyl/N-ethyl adjacent to an activating group) is 1. The van der Waals surface area contributed by atoms with Gasteiger partial charge in [0.1, 0.15) is 0 Å². The zero-order valence-electron chi connectivity index (χ0n) is 11.2. The van der Waals surface area contributed by atoms with Gasteiger partial charge in [0.25, 0.3) is 0 Å². The number of rotatable bonds is 4. The molecule has 1 aromatic rings. The topological polar surface area (TPSA) is 58.7 Å². The van der Waals surface area contributed by atoms with E-state index in [9.17, 15) is 5.11 Å². The number of halogens is 1. The smallest absolute Gasteiger partial charge is 0.0817 e. The molecule has 3 N–H and O–H groups in total. The first-order chi connectivity index (χ1) is 8.98. The lowest BCUT2D eigenvalue weighted by molar-refractivity contribution is -0.0777. The van der Waals surface area contributed by atoms with Gasteiger partial charge >= 0.3 is 0 Å². The van der Waals surface area contributed by atoms with Gasteiger partial charge in [-0.25, -0.2) is 0 Å². The fraction of sp³-hybridized carbons (Fsp3) is 0.571. The van der Waals surface area contributed by atoms with Crippen molar-refractivity contribution in [3.05, 3.63) is 28.8 Å². The molecule has 1 heterocycles. The molecule has 4 nitrogen and oxygen atoms in total. The second-order valence-electron chi connectivity index (χ2n) is 5.36. The van der Waals surface area contributed by atoms with E-state index in [1.807, 2.05) is 19.2 Å². The first-order valence-electron chi connectivity index (χ1n) is 6.51. The third kappa shape index (κ3) is 4.08. The number of benzene rings is 1. The SMILES string of the molecule is CN(Cc1cc(N)ccc1Cl)CC1(O)CCOCC1. The molecule has 0 radical (unpaired) electrons. The summed E-state index contributed by atoms with van der Waals surface area (Å²) in [7, 11) is 1.98. The molecule has 1 aliphatic rings. The molecule has 0 bridgehead atoms. The van der Waals surface area contributed by atoms with E-state index in [-0.39, 0.29) is 0 Å². The van der Waals surface area contributed by atoms with Crippen LogP contribution in [-0.4, -0.2) is 42.4 Å². The number of nitrogen functional groups attached to an aromatic ring is 1. The van der Waals surface area contributed by atoms with Crippen molar-refractivity contribution >= 4 is 17.3 Å². The molecule has 1 saturated heterocycles. The molecule has 0 atom stereocenters. The molecule has 1 aromatic carbocycles. The van der Waals surface area contributed by atoms with E-state index in [1.54, 1.807) is 6.07 Å². The van der Waals surface area contributed by atoms with Crippen molar-refractivity contribution < 1.29 is 9.84 Å². The van der Waals surface area contributed by atoms with E-state index in [1.165, 1.54) is 0 Å². The Kier molecular flexibility index (Phi) is 4.68. The minimum Gasteiger partial charge on any atom is -0.399 e. The Morgan fingerprint density at radius 2 is 2.11 bits per heavy atom. The van der Waals surface area contributed by atoms with Crippen LogP contribution in [0.25, 0.3) is 0 Å². The number of nitrogens with two attached hydrogens (primary N) is 1. The number of ether oxygens (including phenoxy) is 1. The molecule has 19 heavy (non-hydrogen) atoms. The standard InChI is InChI=1S/C14H21ClN2O2/c1-17(10-14(18)4-6-19-7-5-14)9-11-8-12(16)2-3-13(11)15/h2-3,8,18H,4-7,9-10,16H2,1H3. The van der Waals surface area contributed by atoms with Crippen LogP contribution in [0.4, 0.5) is 5.69 Å². The summed E-state index contributed by atoms with van der Waals surface area (Å²) in [6.45, 7) is 2.54. The Balaban J connectivity index is 1.96. The van der Waals surface area contributed by atoms with Crippen LogP contribution in [0.2, 0.25) is 5.02 Å². The third-order valence-corrected chi connectivity index (χ3v) is 3.87. The second-order valence-corrected chi connectivity index (χ2v) is 5.77. The highest BCUT2D eigenvalue weighted by molar-refractivity contribution is 6.31. The van der Waals surface area contributed by atoms with Crippen LogP contribution >= 0.6 is 11.6 Å². The molecule has 0 unspecified atom stereocenters. The van der Waals surface area contributed by atoms with Crippen molar-refractivity contribution in [2.24, 2.45) is 0 Å². The largest absolute Gasteiger partial charge is 0.399 e. The van der Waals surface area contributed by atoms with E-state index in [4.69, 9.17) is 22.1 Å². The van der Waals surface area contributed by atoms with Crippen LogP contribution in [0.15, 0.2) is 18.2 Å². The Bertz CT molecular complexity index is 433. The van der Waals surface area contributed by atoms with Crippen LogP contribution < -0.4 is 5.73 Å². The lowest BCUT2D eigenvalue weighted by Crippen LogP contribution is -2.45. The zero-order chi connectivity index (χ0) is 13.9. The molecule has 2 rings (SSSR count). The van der Waals surface area contributed by atoms with E-state index in [0.717, 1.165) is 5.56 Å². The molecular weight excluding hydrogens is 264 g/mol. The van der Waals surface area contributed by atoms with Gasteiger partial charge in [0, 0.05) is 49.9 Å². The predicted molar refractivity (Wildman–Crippen MR) is 77.2 cm³/mol. The average molecular weight is 285 g/mol. The lowest BCUT2D eigenvalue weighted by atomic mass is 9.94. The van der Waals surface area contributed by atoms with Gasteiger partial charge in [0.2, 0.25) is 0 Å². The summed E-state index contributed by atoms with van der Waals surface area (Å²) in [5, 5.41) is 11.2. The summed E-state index contributed by atoms with van der Waals surface area (Å²) in [4.78, 5) is 2.08. The highest BCUT2D eigenvalue weighted by Gasteiger charge is 2.31. The van der Waals surface area contributed by atoms with Gasteiger partial charge < -0.3 is 15.6 Å². The summed E-state index contributed by atoms with van der Waals surface area (Å²) in [6.07, 6.45) is 1.37. The van der Waals surface area contributed by atoms with Crippen LogP contribution in [0.5, 0.6) is 0 Å². The average Bonchev–Trinajstić information content (AvgIpc) is 2.34. The number of anilines is 1. The van der Waals surface area contributed by atoms with E-state index >= 15 is 0 Å². The Labute approximate surface area is 119 Å². The lowest BCUT2D eigenvalue weighted by Gasteiger charge is -2.35. The fourth-order valence-corrected chi connectivity index (χ4v) is 2.65. The van der Waals surface area contributed by atoms with E-state index in [2.05, 4.69) is 4.90 Å². The van der Waals surface area contributed by atoms with Crippen LogP contribution in [0.3, 0.4) is 0 Å². The maximum Gasteiger partial charge on any atom is 0.0817 e. The highest BCUT2D eigenvalue weighted by atomic mass is 35.5. The van der Waals surface area contributed by atoms with Crippen molar-refractivity contribution in [3.63, 3.8) is 0 Å². The van der Waals surface area contributed by atoms with E-state index in [0.29, 0.717) is 49.9 Å². The summed E-state index contributed by atoms with van der Waals surface area (Å²) >= 11 is 6.15.